The van der Waals surface area contributed by atoms with Gasteiger partial charge in [0, 0.05) is 16.1 Å². The zero-order valence-electron chi connectivity index (χ0n) is 11.7. The van der Waals surface area contributed by atoms with Crippen molar-refractivity contribution in [2.75, 3.05) is 13.7 Å². The standard InChI is InChI=1S/C14H20BrNO3/c1-9(16-4)11-6-5-10(15)7-12(11)19-8-14(2,3)13(17)18/h5-7,9,16H,8H2,1-4H3,(H,17,18). The molecule has 2 N–H and O–H groups in total. The van der Waals surface area contributed by atoms with Gasteiger partial charge in [0.1, 0.15) is 12.4 Å². The van der Waals surface area contributed by atoms with Crippen LogP contribution >= 0.6 is 15.9 Å². The summed E-state index contributed by atoms with van der Waals surface area (Å²) >= 11 is 3.40. The van der Waals surface area contributed by atoms with E-state index in [1.165, 1.54) is 0 Å². The van der Waals surface area contributed by atoms with Crippen molar-refractivity contribution < 1.29 is 14.6 Å². The molecule has 0 bridgehead atoms. The van der Waals surface area contributed by atoms with E-state index in [1.54, 1.807) is 13.8 Å². The van der Waals surface area contributed by atoms with Gasteiger partial charge in [-0.3, -0.25) is 4.79 Å². The third-order valence-corrected chi connectivity index (χ3v) is 3.54. The minimum atomic E-state index is -0.914. The van der Waals surface area contributed by atoms with Gasteiger partial charge in [-0.2, -0.15) is 0 Å². The van der Waals surface area contributed by atoms with E-state index >= 15 is 0 Å². The third kappa shape index (κ3) is 4.21. The van der Waals surface area contributed by atoms with Crippen LogP contribution in [-0.2, 0) is 4.79 Å². The number of carboxylic acids is 1. The van der Waals surface area contributed by atoms with Crippen molar-refractivity contribution in [3.63, 3.8) is 0 Å². The van der Waals surface area contributed by atoms with Gasteiger partial charge in [-0.05, 0) is 40.0 Å². The Balaban J connectivity index is 2.93. The molecule has 4 nitrogen and oxygen atoms in total. The second kappa shape index (κ2) is 6.39. The number of hydrogen-bond acceptors (Lipinski definition) is 3. The van der Waals surface area contributed by atoms with Gasteiger partial charge in [0.2, 0.25) is 0 Å². The van der Waals surface area contributed by atoms with Crippen LogP contribution in [0, 0.1) is 5.41 Å². The summed E-state index contributed by atoms with van der Waals surface area (Å²) in [6, 6.07) is 5.91. The number of nitrogens with one attached hydrogen (secondary N) is 1. The van der Waals surface area contributed by atoms with Crippen LogP contribution in [-0.4, -0.2) is 24.7 Å². The average Bonchev–Trinajstić information content (AvgIpc) is 2.35. The van der Waals surface area contributed by atoms with Crippen LogP contribution in [0.15, 0.2) is 22.7 Å². The first-order chi connectivity index (χ1) is 8.77. The van der Waals surface area contributed by atoms with E-state index in [0.717, 1.165) is 10.0 Å². The van der Waals surface area contributed by atoms with Gasteiger partial charge >= 0.3 is 5.97 Å². The number of carboxylic acid groups (broad SMARTS) is 1. The monoisotopic (exact) mass is 329 g/mol. The summed E-state index contributed by atoms with van der Waals surface area (Å²) in [6.07, 6.45) is 0. The molecule has 1 rings (SSSR count). The van der Waals surface area contributed by atoms with E-state index in [4.69, 9.17) is 9.84 Å². The molecule has 0 saturated carbocycles. The van der Waals surface area contributed by atoms with Crippen LogP contribution < -0.4 is 10.1 Å². The molecule has 0 aliphatic heterocycles. The van der Waals surface area contributed by atoms with Crippen LogP contribution in [0.2, 0.25) is 0 Å². The lowest BCUT2D eigenvalue weighted by Crippen LogP contribution is -2.31. The number of hydrogen-bond donors (Lipinski definition) is 2. The molecule has 0 aliphatic carbocycles. The highest BCUT2D eigenvalue weighted by Crippen LogP contribution is 2.30. The van der Waals surface area contributed by atoms with Crippen LogP contribution in [0.25, 0.3) is 0 Å². The Hall–Kier alpha value is -1.07. The Morgan fingerprint density at radius 2 is 2.16 bits per heavy atom. The lowest BCUT2D eigenvalue weighted by atomic mass is 9.95. The van der Waals surface area contributed by atoms with Gasteiger partial charge in [0.25, 0.3) is 0 Å². The maximum absolute atomic E-state index is 11.1. The largest absolute Gasteiger partial charge is 0.492 e. The van der Waals surface area contributed by atoms with Crippen molar-refractivity contribution in [3.8, 4) is 5.75 Å². The molecule has 0 spiro atoms. The molecule has 0 aromatic heterocycles. The minimum Gasteiger partial charge on any atom is -0.492 e. The van der Waals surface area contributed by atoms with Crippen molar-refractivity contribution in [1.82, 2.24) is 5.32 Å². The highest BCUT2D eigenvalue weighted by Gasteiger charge is 2.28. The fraction of sp³-hybridized carbons (Fsp3) is 0.500. The molecule has 0 amide bonds. The Bertz CT molecular complexity index is 460. The van der Waals surface area contributed by atoms with Crippen molar-refractivity contribution in [2.24, 2.45) is 5.41 Å². The second-order valence-electron chi connectivity index (χ2n) is 5.17. The summed E-state index contributed by atoms with van der Waals surface area (Å²) in [5.74, 6) is -0.170. The fourth-order valence-corrected chi connectivity index (χ4v) is 1.81. The van der Waals surface area contributed by atoms with E-state index in [0.29, 0.717) is 5.75 Å². The zero-order valence-corrected chi connectivity index (χ0v) is 13.2. The van der Waals surface area contributed by atoms with Crippen LogP contribution in [0.5, 0.6) is 5.75 Å². The molecule has 1 aromatic carbocycles. The first-order valence-electron chi connectivity index (χ1n) is 6.11. The molecule has 5 heteroatoms. The second-order valence-corrected chi connectivity index (χ2v) is 6.09. The number of benzene rings is 1. The first kappa shape index (κ1) is 16.0. The summed E-state index contributed by atoms with van der Waals surface area (Å²) in [7, 11) is 1.87. The minimum absolute atomic E-state index is 0.127. The maximum atomic E-state index is 11.1. The van der Waals surface area contributed by atoms with Gasteiger partial charge in [-0.15, -0.1) is 0 Å². The summed E-state index contributed by atoms with van der Waals surface area (Å²) < 4.78 is 6.62. The molecule has 19 heavy (non-hydrogen) atoms. The van der Waals surface area contributed by atoms with E-state index in [2.05, 4.69) is 21.2 Å². The van der Waals surface area contributed by atoms with Gasteiger partial charge < -0.3 is 15.2 Å². The van der Waals surface area contributed by atoms with Crippen molar-refractivity contribution >= 4 is 21.9 Å². The normalized spacial score (nSPS) is 13.1. The molecule has 0 saturated heterocycles. The third-order valence-electron chi connectivity index (χ3n) is 3.04. The van der Waals surface area contributed by atoms with Crippen molar-refractivity contribution in [3.05, 3.63) is 28.2 Å². The molecular weight excluding hydrogens is 310 g/mol. The summed E-state index contributed by atoms with van der Waals surface area (Å²) in [6.45, 7) is 5.45. The highest BCUT2D eigenvalue weighted by atomic mass is 79.9. The topological polar surface area (TPSA) is 58.6 Å². The quantitative estimate of drug-likeness (QED) is 0.841. The molecule has 0 heterocycles. The van der Waals surface area contributed by atoms with E-state index in [1.807, 2.05) is 32.2 Å². The van der Waals surface area contributed by atoms with Crippen molar-refractivity contribution in [1.29, 1.82) is 0 Å². The van der Waals surface area contributed by atoms with Gasteiger partial charge in [-0.1, -0.05) is 22.0 Å². The Kier molecular flexibility index (Phi) is 5.38. The highest BCUT2D eigenvalue weighted by molar-refractivity contribution is 9.10. The molecule has 1 unspecified atom stereocenters. The predicted octanol–water partition coefficient (Wildman–Crippen LogP) is 3.22. The number of aliphatic carboxylic acids is 1. The maximum Gasteiger partial charge on any atom is 0.312 e. The number of halogens is 1. The SMILES string of the molecule is CNC(C)c1ccc(Br)cc1OCC(C)(C)C(=O)O. The predicted molar refractivity (Wildman–Crippen MR) is 78.5 cm³/mol. The average molecular weight is 330 g/mol. The fourth-order valence-electron chi connectivity index (χ4n) is 1.47. The molecule has 0 aliphatic rings. The molecule has 0 fully saturated rings. The van der Waals surface area contributed by atoms with Gasteiger partial charge in [-0.25, -0.2) is 0 Å². The Morgan fingerprint density at radius 1 is 1.53 bits per heavy atom. The summed E-state index contributed by atoms with van der Waals surface area (Å²) in [5, 5.41) is 12.2. The van der Waals surface area contributed by atoms with Gasteiger partial charge in [0.15, 0.2) is 0 Å². The van der Waals surface area contributed by atoms with Crippen LogP contribution in [0.3, 0.4) is 0 Å². The van der Waals surface area contributed by atoms with Crippen LogP contribution in [0.4, 0.5) is 0 Å². The lowest BCUT2D eigenvalue weighted by Gasteiger charge is -2.22. The van der Waals surface area contributed by atoms with Crippen LogP contribution in [0.1, 0.15) is 32.4 Å². The molecule has 1 aromatic rings. The lowest BCUT2D eigenvalue weighted by molar-refractivity contribution is -0.148. The number of ether oxygens (including phenoxy) is 1. The summed E-state index contributed by atoms with van der Waals surface area (Å²) in [5.41, 5.74) is 0.0922. The Morgan fingerprint density at radius 3 is 2.68 bits per heavy atom. The van der Waals surface area contributed by atoms with E-state index in [9.17, 15) is 4.79 Å². The van der Waals surface area contributed by atoms with E-state index < -0.39 is 11.4 Å². The summed E-state index contributed by atoms with van der Waals surface area (Å²) in [4.78, 5) is 11.1. The van der Waals surface area contributed by atoms with Crippen molar-refractivity contribution in [2.45, 2.75) is 26.8 Å². The number of rotatable bonds is 6. The molecule has 1 atom stereocenters. The molecular formula is C14H20BrNO3. The smallest absolute Gasteiger partial charge is 0.312 e. The molecule has 0 radical (unpaired) electrons. The molecule has 106 valence electrons. The Labute approximate surface area is 122 Å². The number of carbonyl (C=O) groups is 1. The first-order valence-corrected chi connectivity index (χ1v) is 6.90. The zero-order chi connectivity index (χ0) is 14.6. The van der Waals surface area contributed by atoms with E-state index in [-0.39, 0.29) is 12.6 Å². The van der Waals surface area contributed by atoms with Gasteiger partial charge in [0.05, 0.1) is 5.41 Å².